The molecular weight excluding hydrogens is 187 g/mol. The first-order valence-corrected chi connectivity index (χ1v) is 6.56. The molecule has 1 atom stereocenters. The SMILES string of the molecule is CCCCOP(=O)(OCC)C(C)C. The highest BCUT2D eigenvalue weighted by molar-refractivity contribution is 7.54. The second kappa shape index (κ2) is 6.58. The summed E-state index contributed by atoms with van der Waals surface area (Å²) < 4.78 is 22.4. The van der Waals surface area contributed by atoms with Crippen molar-refractivity contribution in [3.05, 3.63) is 0 Å². The third-order valence-corrected chi connectivity index (χ3v) is 4.14. The Morgan fingerprint density at radius 3 is 2.23 bits per heavy atom. The maximum absolute atomic E-state index is 11.9. The van der Waals surface area contributed by atoms with E-state index >= 15 is 0 Å². The Morgan fingerprint density at radius 2 is 1.85 bits per heavy atom. The molecule has 0 bridgehead atoms. The van der Waals surface area contributed by atoms with Crippen LogP contribution in [-0.2, 0) is 13.6 Å². The van der Waals surface area contributed by atoms with E-state index in [0.29, 0.717) is 13.2 Å². The molecule has 0 aliphatic rings. The predicted octanol–water partition coefficient (Wildman–Crippen LogP) is 3.44. The lowest BCUT2D eigenvalue weighted by Gasteiger charge is -2.20. The molecule has 0 radical (unpaired) electrons. The van der Waals surface area contributed by atoms with Crippen molar-refractivity contribution in [3.63, 3.8) is 0 Å². The normalized spacial score (nSPS) is 16.1. The van der Waals surface area contributed by atoms with E-state index in [9.17, 15) is 4.57 Å². The summed E-state index contributed by atoms with van der Waals surface area (Å²) in [6, 6.07) is 0. The number of rotatable bonds is 7. The van der Waals surface area contributed by atoms with E-state index in [4.69, 9.17) is 9.05 Å². The first-order valence-electron chi connectivity index (χ1n) is 4.95. The fraction of sp³-hybridized carbons (Fsp3) is 1.00. The van der Waals surface area contributed by atoms with Crippen molar-refractivity contribution in [3.8, 4) is 0 Å². The Hall–Kier alpha value is 0.150. The zero-order chi connectivity index (χ0) is 10.3. The van der Waals surface area contributed by atoms with Crippen LogP contribution in [0.1, 0.15) is 40.5 Å². The molecule has 0 aromatic heterocycles. The minimum Gasteiger partial charge on any atom is -0.309 e. The van der Waals surface area contributed by atoms with Gasteiger partial charge in [0.05, 0.1) is 18.9 Å². The molecule has 0 aliphatic heterocycles. The van der Waals surface area contributed by atoms with E-state index in [2.05, 4.69) is 6.92 Å². The summed E-state index contributed by atoms with van der Waals surface area (Å²) in [5.41, 5.74) is -0.0516. The molecular formula is C9H21O3P. The number of hydrogen-bond donors (Lipinski definition) is 0. The summed E-state index contributed by atoms with van der Waals surface area (Å²) in [7, 11) is -2.82. The van der Waals surface area contributed by atoms with Crippen LogP contribution in [0.5, 0.6) is 0 Å². The zero-order valence-electron chi connectivity index (χ0n) is 9.08. The molecule has 4 heteroatoms. The fourth-order valence-corrected chi connectivity index (χ4v) is 2.27. The molecule has 0 saturated heterocycles. The monoisotopic (exact) mass is 208 g/mol. The molecule has 80 valence electrons. The van der Waals surface area contributed by atoms with Crippen molar-refractivity contribution in [1.82, 2.24) is 0 Å². The first-order chi connectivity index (χ1) is 6.06. The van der Waals surface area contributed by atoms with Gasteiger partial charge in [-0.25, -0.2) is 0 Å². The quantitative estimate of drug-likeness (QED) is 0.475. The highest BCUT2D eigenvalue weighted by atomic mass is 31.2. The molecule has 0 aromatic rings. The van der Waals surface area contributed by atoms with Gasteiger partial charge in [-0.1, -0.05) is 27.2 Å². The van der Waals surface area contributed by atoms with Gasteiger partial charge < -0.3 is 9.05 Å². The van der Waals surface area contributed by atoms with Gasteiger partial charge >= 0.3 is 7.60 Å². The van der Waals surface area contributed by atoms with Crippen LogP contribution >= 0.6 is 7.60 Å². The van der Waals surface area contributed by atoms with Crippen molar-refractivity contribution >= 4 is 7.60 Å². The van der Waals surface area contributed by atoms with Crippen LogP contribution in [0, 0.1) is 0 Å². The van der Waals surface area contributed by atoms with E-state index in [1.807, 2.05) is 20.8 Å². The lowest BCUT2D eigenvalue weighted by molar-refractivity contribution is 0.204. The summed E-state index contributed by atoms with van der Waals surface area (Å²) in [5, 5.41) is 0. The van der Waals surface area contributed by atoms with Crippen LogP contribution in [0.2, 0.25) is 0 Å². The molecule has 0 rings (SSSR count). The lowest BCUT2D eigenvalue weighted by Crippen LogP contribution is -2.06. The smallest absolute Gasteiger partial charge is 0.309 e. The molecule has 0 saturated carbocycles. The minimum atomic E-state index is -2.82. The highest BCUT2D eigenvalue weighted by Crippen LogP contribution is 2.52. The van der Waals surface area contributed by atoms with Crippen molar-refractivity contribution in [2.75, 3.05) is 13.2 Å². The second-order valence-corrected chi connectivity index (χ2v) is 5.87. The van der Waals surface area contributed by atoms with Gasteiger partial charge in [0.1, 0.15) is 0 Å². The predicted molar refractivity (Wildman–Crippen MR) is 55.2 cm³/mol. The first kappa shape index (κ1) is 13.2. The Morgan fingerprint density at radius 1 is 1.23 bits per heavy atom. The van der Waals surface area contributed by atoms with Crippen LogP contribution in [0.25, 0.3) is 0 Å². The average Bonchev–Trinajstić information content (AvgIpc) is 2.05. The van der Waals surface area contributed by atoms with Crippen molar-refractivity contribution in [2.45, 2.75) is 46.2 Å². The summed E-state index contributed by atoms with van der Waals surface area (Å²) in [5.74, 6) is 0. The summed E-state index contributed by atoms with van der Waals surface area (Å²) in [6.45, 7) is 8.61. The molecule has 0 spiro atoms. The van der Waals surface area contributed by atoms with E-state index in [-0.39, 0.29) is 5.66 Å². The van der Waals surface area contributed by atoms with Gasteiger partial charge in [-0.05, 0) is 13.3 Å². The Kier molecular flexibility index (Phi) is 6.66. The molecule has 0 aliphatic carbocycles. The van der Waals surface area contributed by atoms with Crippen LogP contribution in [0.15, 0.2) is 0 Å². The molecule has 0 fully saturated rings. The third kappa shape index (κ3) is 4.80. The second-order valence-electron chi connectivity index (χ2n) is 3.24. The van der Waals surface area contributed by atoms with Gasteiger partial charge in [0.15, 0.2) is 0 Å². The van der Waals surface area contributed by atoms with Crippen molar-refractivity contribution in [2.24, 2.45) is 0 Å². The Labute approximate surface area is 81.3 Å². The fourth-order valence-electron chi connectivity index (χ4n) is 0.851. The van der Waals surface area contributed by atoms with Crippen LogP contribution in [0.3, 0.4) is 0 Å². The minimum absolute atomic E-state index is 0.0516. The van der Waals surface area contributed by atoms with Gasteiger partial charge in [0, 0.05) is 0 Å². The lowest BCUT2D eigenvalue weighted by atomic mass is 10.4. The molecule has 13 heavy (non-hydrogen) atoms. The summed E-state index contributed by atoms with van der Waals surface area (Å²) >= 11 is 0. The van der Waals surface area contributed by atoms with Gasteiger partial charge in [0.2, 0.25) is 0 Å². The average molecular weight is 208 g/mol. The van der Waals surface area contributed by atoms with E-state index in [1.54, 1.807) is 0 Å². The van der Waals surface area contributed by atoms with Crippen LogP contribution in [-0.4, -0.2) is 18.9 Å². The van der Waals surface area contributed by atoms with Gasteiger partial charge in [-0.2, -0.15) is 0 Å². The highest BCUT2D eigenvalue weighted by Gasteiger charge is 2.28. The maximum atomic E-state index is 11.9. The topological polar surface area (TPSA) is 35.5 Å². The molecule has 1 unspecified atom stereocenters. The van der Waals surface area contributed by atoms with Crippen molar-refractivity contribution in [1.29, 1.82) is 0 Å². The van der Waals surface area contributed by atoms with Gasteiger partial charge in [-0.3, -0.25) is 4.57 Å². The van der Waals surface area contributed by atoms with E-state index in [0.717, 1.165) is 12.8 Å². The molecule has 0 aromatic carbocycles. The van der Waals surface area contributed by atoms with Gasteiger partial charge in [0.25, 0.3) is 0 Å². The number of unbranched alkanes of at least 4 members (excludes halogenated alkanes) is 1. The third-order valence-electron chi connectivity index (χ3n) is 1.71. The summed E-state index contributed by atoms with van der Waals surface area (Å²) in [6.07, 6.45) is 1.98. The van der Waals surface area contributed by atoms with Crippen molar-refractivity contribution < 1.29 is 13.6 Å². The van der Waals surface area contributed by atoms with Gasteiger partial charge in [-0.15, -0.1) is 0 Å². The summed E-state index contributed by atoms with van der Waals surface area (Å²) in [4.78, 5) is 0. The van der Waals surface area contributed by atoms with Crippen LogP contribution < -0.4 is 0 Å². The molecule has 3 nitrogen and oxygen atoms in total. The standard InChI is InChI=1S/C9H21O3P/c1-5-7-8-12-13(10,9(3)4)11-6-2/h9H,5-8H2,1-4H3. The molecule has 0 heterocycles. The molecule has 0 N–H and O–H groups in total. The van der Waals surface area contributed by atoms with E-state index in [1.165, 1.54) is 0 Å². The number of hydrogen-bond acceptors (Lipinski definition) is 3. The zero-order valence-corrected chi connectivity index (χ0v) is 9.97. The van der Waals surface area contributed by atoms with E-state index < -0.39 is 7.60 Å². The van der Waals surface area contributed by atoms with Crippen LogP contribution in [0.4, 0.5) is 0 Å². The molecule has 0 amide bonds. The largest absolute Gasteiger partial charge is 0.333 e. The Bertz CT molecular complexity index is 168. The Balaban J connectivity index is 4.01. The maximum Gasteiger partial charge on any atom is 0.333 e.